The first-order chi connectivity index (χ1) is 13.8. The molecular weight excluding hydrogens is 379 g/mol. The van der Waals surface area contributed by atoms with Gasteiger partial charge in [0.05, 0.1) is 29.3 Å². The Morgan fingerprint density at radius 1 is 1.00 bits per heavy atom. The Bertz CT molecular complexity index is 996. The molecule has 150 valence electrons. The van der Waals surface area contributed by atoms with Gasteiger partial charge in [-0.1, -0.05) is 25.0 Å². The Kier molecular flexibility index (Phi) is 4.73. The van der Waals surface area contributed by atoms with E-state index in [1.165, 1.54) is 11.0 Å². The molecule has 0 aromatic heterocycles. The fourth-order valence-corrected chi connectivity index (χ4v) is 4.49. The van der Waals surface area contributed by atoms with Crippen LogP contribution in [0.1, 0.15) is 42.4 Å². The largest absolute Gasteiger partial charge is 0.417 e. The standard InChI is InChI=1S/C22H20F3N3O/c1-14-5-4-6-16(11-14)27-19-7-2-3-8-20(19)28(21(27)29)17-10-9-15(13-26)18(12-17)22(23,24)25/h4-6,9-12,19-20H,2-3,7-8H2,1H3/t19-,20-/m0/s1. The summed E-state index contributed by atoms with van der Waals surface area (Å²) >= 11 is 0. The van der Waals surface area contributed by atoms with Crippen LogP contribution in [0.5, 0.6) is 0 Å². The first-order valence-corrected chi connectivity index (χ1v) is 9.61. The number of urea groups is 1. The number of halogens is 3. The molecule has 1 aliphatic carbocycles. The SMILES string of the molecule is Cc1cccc(N2C(=O)N(c3ccc(C#N)c(C(F)(F)F)c3)[C@H]3CCCC[C@@H]32)c1. The van der Waals surface area contributed by atoms with Gasteiger partial charge in [0.15, 0.2) is 0 Å². The maximum atomic E-state index is 13.5. The highest BCUT2D eigenvalue weighted by atomic mass is 19.4. The molecule has 4 rings (SSSR count). The zero-order valence-corrected chi connectivity index (χ0v) is 15.9. The van der Waals surface area contributed by atoms with E-state index in [4.69, 9.17) is 5.26 Å². The Hall–Kier alpha value is -3.01. The maximum absolute atomic E-state index is 13.5. The molecule has 0 unspecified atom stereocenters. The number of hydrogen-bond acceptors (Lipinski definition) is 2. The molecule has 1 aliphatic heterocycles. The number of fused-ring (bicyclic) bond motifs is 1. The van der Waals surface area contributed by atoms with Gasteiger partial charge in [0.2, 0.25) is 0 Å². The number of amides is 2. The molecule has 1 heterocycles. The van der Waals surface area contributed by atoms with Crippen LogP contribution in [0.4, 0.5) is 29.3 Å². The fraction of sp³-hybridized carbons (Fsp3) is 0.364. The number of hydrogen-bond donors (Lipinski definition) is 0. The van der Waals surface area contributed by atoms with Gasteiger partial charge in [-0.15, -0.1) is 0 Å². The Morgan fingerprint density at radius 2 is 1.62 bits per heavy atom. The number of carbonyl (C=O) groups excluding carboxylic acids is 1. The highest BCUT2D eigenvalue weighted by Crippen LogP contribution is 2.42. The van der Waals surface area contributed by atoms with Gasteiger partial charge in [-0.2, -0.15) is 18.4 Å². The molecule has 0 spiro atoms. The van der Waals surface area contributed by atoms with Crippen molar-refractivity contribution >= 4 is 17.4 Å². The summed E-state index contributed by atoms with van der Waals surface area (Å²) in [6, 6.07) is 12.1. The topological polar surface area (TPSA) is 47.3 Å². The Balaban J connectivity index is 1.80. The van der Waals surface area contributed by atoms with Crippen LogP contribution in [-0.4, -0.2) is 18.1 Å². The third kappa shape index (κ3) is 3.33. The first kappa shape index (κ1) is 19.3. The van der Waals surface area contributed by atoms with E-state index in [9.17, 15) is 18.0 Å². The summed E-state index contributed by atoms with van der Waals surface area (Å²) in [4.78, 5) is 16.6. The number of aryl methyl sites for hydroxylation is 1. The van der Waals surface area contributed by atoms with Crippen LogP contribution in [-0.2, 0) is 6.18 Å². The lowest BCUT2D eigenvalue weighted by Crippen LogP contribution is -2.40. The molecule has 1 saturated carbocycles. The van der Waals surface area contributed by atoms with Crippen LogP contribution in [0.25, 0.3) is 0 Å². The fourth-order valence-electron chi connectivity index (χ4n) is 4.49. The van der Waals surface area contributed by atoms with Gasteiger partial charge in [0, 0.05) is 11.4 Å². The highest BCUT2D eigenvalue weighted by Gasteiger charge is 2.48. The second-order valence-corrected chi connectivity index (χ2v) is 7.62. The summed E-state index contributed by atoms with van der Waals surface area (Å²) < 4.78 is 40.4. The molecule has 0 N–H and O–H groups in total. The van der Waals surface area contributed by atoms with Crippen molar-refractivity contribution in [3.63, 3.8) is 0 Å². The van der Waals surface area contributed by atoms with Crippen molar-refractivity contribution in [2.45, 2.75) is 50.9 Å². The van der Waals surface area contributed by atoms with Crippen molar-refractivity contribution in [2.24, 2.45) is 0 Å². The first-order valence-electron chi connectivity index (χ1n) is 9.61. The van der Waals surface area contributed by atoms with E-state index in [0.717, 1.165) is 49.1 Å². The van der Waals surface area contributed by atoms with E-state index in [0.29, 0.717) is 0 Å². The van der Waals surface area contributed by atoms with E-state index >= 15 is 0 Å². The number of alkyl halides is 3. The number of nitriles is 1. The van der Waals surface area contributed by atoms with E-state index in [1.807, 2.05) is 31.2 Å². The van der Waals surface area contributed by atoms with Gasteiger partial charge in [-0.05, 0) is 55.7 Å². The predicted molar refractivity (Wildman–Crippen MR) is 104 cm³/mol. The summed E-state index contributed by atoms with van der Waals surface area (Å²) in [6.07, 6.45) is -1.21. The molecule has 2 fully saturated rings. The number of benzene rings is 2. The van der Waals surface area contributed by atoms with E-state index in [2.05, 4.69) is 0 Å². The minimum Gasteiger partial charge on any atom is -0.289 e. The molecule has 1 saturated heterocycles. The lowest BCUT2D eigenvalue weighted by molar-refractivity contribution is -0.137. The summed E-state index contributed by atoms with van der Waals surface area (Å²) in [5, 5.41) is 9.06. The predicted octanol–water partition coefficient (Wildman–Crippen LogP) is 5.64. The van der Waals surface area contributed by atoms with Crippen LogP contribution in [0, 0.1) is 18.3 Å². The molecule has 0 radical (unpaired) electrons. The van der Waals surface area contributed by atoms with Gasteiger partial charge >= 0.3 is 12.2 Å². The molecule has 2 atom stereocenters. The molecular formula is C22H20F3N3O. The number of anilines is 2. The normalized spacial score (nSPS) is 21.8. The van der Waals surface area contributed by atoms with E-state index in [1.54, 1.807) is 11.0 Å². The lowest BCUT2D eigenvalue weighted by Gasteiger charge is -2.32. The molecule has 2 aromatic rings. The zero-order chi connectivity index (χ0) is 20.8. The average Bonchev–Trinajstić information content (AvgIpc) is 2.98. The zero-order valence-electron chi connectivity index (χ0n) is 15.9. The second kappa shape index (κ2) is 7.11. The third-order valence-corrected chi connectivity index (χ3v) is 5.76. The Morgan fingerprint density at radius 3 is 2.17 bits per heavy atom. The van der Waals surface area contributed by atoms with Crippen LogP contribution in [0.2, 0.25) is 0 Å². The highest BCUT2D eigenvalue weighted by molar-refractivity contribution is 6.07. The lowest BCUT2D eigenvalue weighted by atomic mass is 9.89. The smallest absolute Gasteiger partial charge is 0.289 e. The minimum atomic E-state index is -4.66. The van der Waals surface area contributed by atoms with Gasteiger partial charge in [-0.25, -0.2) is 4.79 Å². The van der Waals surface area contributed by atoms with Crippen LogP contribution >= 0.6 is 0 Å². The van der Waals surface area contributed by atoms with E-state index in [-0.39, 0.29) is 23.8 Å². The van der Waals surface area contributed by atoms with Crippen molar-refractivity contribution in [3.8, 4) is 6.07 Å². The molecule has 2 aromatic carbocycles. The summed E-state index contributed by atoms with van der Waals surface area (Å²) in [5.41, 5.74) is 0.515. The van der Waals surface area contributed by atoms with Gasteiger partial charge in [0.1, 0.15) is 0 Å². The maximum Gasteiger partial charge on any atom is 0.417 e. The summed E-state index contributed by atoms with van der Waals surface area (Å²) in [5.74, 6) is 0. The van der Waals surface area contributed by atoms with Crippen molar-refractivity contribution < 1.29 is 18.0 Å². The average molecular weight is 399 g/mol. The van der Waals surface area contributed by atoms with Gasteiger partial charge < -0.3 is 0 Å². The Labute approximate surface area is 167 Å². The molecule has 2 amide bonds. The van der Waals surface area contributed by atoms with Crippen LogP contribution < -0.4 is 9.80 Å². The summed E-state index contributed by atoms with van der Waals surface area (Å²) in [6.45, 7) is 1.94. The van der Waals surface area contributed by atoms with Crippen molar-refractivity contribution in [1.82, 2.24) is 0 Å². The van der Waals surface area contributed by atoms with Crippen molar-refractivity contribution in [1.29, 1.82) is 5.26 Å². The summed E-state index contributed by atoms with van der Waals surface area (Å²) in [7, 11) is 0. The number of rotatable bonds is 2. The quantitative estimate of drug-likeness (QED) is 0.656. The third-order valence-electron chi connectivity index (χ3n) is 5.76. The monoisotopic (exact) mass is 399 g/mol. The molecule has 2 aliphatic rings. The van der Waals surface area contributed by atoms with Crippen molar-refractivity contribution in [2.75, 3.05) is 9.80 Å². The number of nitrogens with zero attached hydrogens (tertiary/aromatic N) is 3. The van der Waals surface area contributed by atoms with E-state index < -0.39 is 17.3 Å². The molecule has 7 heteroatoms. The number of carbonyl (C=O) groups is 1. The van der Waals surface area contributed by atoms with Gasteiger partial charge in [0.25, 0.3) is 0 Å². The molecule has 0 bridgehead atoms. The second-order valence-electron chi connectivity index (χ2n) is 7.62. The van der Waals surface area contributed by atoms with Crippen molar-refractivity contribution in [3.05, 3.63) is 59.2 Å². The van der Waals surface area contributed by atoms with Gasteiger partial charge in [-0.3, -0.25) is 9.80 Å². The molecule has 4 nitrogen and oxygen atoms in total. The molecule has 29 heavy (non-hydrogen) atoms. The minimum absolute atomic E-state index is 0.0805. The van der Waals surface area contributed by atoms with Crippen LogP contribution in [0.15, 0.2) is 42.5 Å². The van der Waals surface area contributed by atoms with Crippen LogP contribution in [0.3, 0.4) is 0 Å².